The second-order valence-corrected chi connectivity index (χ2v) is 18.2. The molecule has 0 atom stereocenters. The molecule has 10 aromatic carbocycles. The number of hydrogen-bond donors (Lipinski definition) is 0. The maximum Gasteiger partial charge on any atom is 0.164 e. The van der Waals surface area contributed by atoms with Crippen molar-refractivity contribution in [3.63, 3.8) is 0 Å². The molecule has 0 aliphatic heterocycles. The molecule has 1 spiro atoms. The monoisotopic (exact) mass is 879 g/mol. The third-order valence-corrected chi connectivity index (χ3v) is 14.5. The highest BCUT2D eigenvalue weighted by Crippen LogP contribution is 2.65. The van der Waals surface area contributed by atoms with Crippen LogP contribution < -0.4 is 0 Å². The minimum Gasteiger partial charge on any atom is -0.456 e. The first kappa shape index (κ1) is 38.0. The summed E-state index contributed by atoms with van der Waals surface area (Å²) in [5.74, 6) is 1.91. The molecular weight excluding hydrogens is 843 g/mol. The van der Waals surface area contributed by atoms with E-state index in [0.717, 1.165) is 82.8 Å². The van der Waals surface area contributed by atoms with Crippen LogP contribution in [0.15, 0.2) is 233 Å². The minimum absolute atomic E-state index is 0.578. The molecule has 0 saturated carbocycles. The first-order valence-electron chi connectivity index (χ1n) is 23.4. The summed E-state index contributed by atoms with van der Waals surface area (Å²) < 4.78 is 13.5. The van der Waals surface area contributed by atoms with E-state index >= 15 is 0 Å². The Balaban J connectivity index is 0.841. The second kappa shape index (κ2) is 14.4. The number of para-hydroxylation sites is 1. The lowest BCUT2D eigenvalue weighted by Crippen LogP contribution is -2.26. The van der Waals surface area contributed by atoms with Crippen LogP contribution in [0.2, 0.25) is 0 Å². The van der Waals surface area contributed by atoms with Crippen molar-refractivity contribution in [3.8, 4) is 78.7 Å². The lowest BCUT2D eigenvalue weighted by atomic mass is 9.69. The summed E-state index contributed by atoms with van der Waals surface area (Å²) in [6, 6.07) is 79.5. The van der Waals surface area contributed by atoms with E-state index in [0.29, 0.717) is 17.5 Å². The van der Waals surface area contributed by atoms with Gasteiger partial charge < -0.3 is 8.83 Å². The van der Waals surface area contributed by atoms with Gasteiger partial charge in [-0.05, 0) is 109 Å². The Morgan fingerprint density at radius 1 is 0.275 bits per heavy atom. The lowest BCUT2D eigenvalue weighted by molar-refractivity contribution is 0.666. The molecule has 320 valence electrons. The normalized spacial score (nSPS) is 13.0. The summed E-state index contributed by atoms with van der Waals surface area (Å²) in [6.45, 7) is 0. The van der Waals surface area contributed by atoms with E-state index in [1.54, 1.807) is 0 Å². The third-order valence-electron chi connectivity index (χ3n) is 14.5. The van der Waals surface area contributed by atoms with Crippen LogP contribution in [0.3, 0.4) is 0 Å². The van der Waals surface area contributed by atoms with E-state index in [1.807, 2.05) is 66.7 Å². The van der Waals surface area contributed by atoms with Crippen LogP contribution in [0, 0.1) is 0 Å². The summed E-state index contributed by atoms with van der Waals surface area (Å²) in [4.78, 5) is 14.9. The van der Waals surface area contributed by atoms with Crippen molar-refractivity contribution in [1.29, 1.82) is 0 Å². The van der Waals surface area contributed by atoms with Crippen molar-refractivity contribution < 1.29 is 8.83 Å². The van der Waals surface area contributed by atoms with Crippen molar-refractivity contribution in [2.75, 3.05) is 0 Å². The zero-order valence-corrected chi connectivity index (χ0v) is 37.0. The molecule has 69 heavy (non-hydrogen) atoms. The minimum atomic E-state index is -0.578. The number of fused-ring (bicyclic) bond motifs is 17. The number of furan rings is 2. The largest absolute Gasteiger partial charge is 0.456 e. The summed E-state index contributed by atoms with van der Waals surface area (Å²) in [7, 11) is 0. The van der Waals surface area contributed by atoms with Gasteiger partial charge in [-0.25, -0.2) is 15.0 Å². The Kier molecular flexibility index (Phi) is 7.93. The summed E-state index contributed by atoms with van der Waals surface area (Å²) in [5, 5.41) is 4.51. The fourth-order valence-corrected chi connectivity index (χ4v) is 11.5. The van der Waals surface area contributed by atoms with E-state index in [4.69, 9.17) is 23.8 Å². The van der Waals surface area contributed by atoms with Crippen molar-refractivity contribution in [1.82, 2.24) is 15.0 Å². The quantitative estimate of drug-likeness (QED) is 0.172. The van der Waals surface area contributed by atoms with Gasteiger partial charge in [0.1, 0.15) is 22.3 Å². The van der Waals surface area contributed by atoms with Crippen LogP contribution in [0.25, 0.3) is 123 Å². The fraction of sp³-hybridized carbons (Fsp3) is 0.0156. The molecule has 0 radical (unpaired) electrons. The van der Waals surface area contributed by atoms with Gasteiger partial charge >= 0.3 is 0 Å². The van der Waals surface area contributed by atoms with Gasteiger partial charge in [0.05, 0.1) is 5.41 Å². The molecule has 2 aliphatic rings. The molecule has 0 fully saturated rings. The molecule has 2 aliphatic carbocycles. The molecule has 0 bridgehead atoms. The van der Waals surface area contributed by atoms with Gasteiger partial charge in [-0.15, -0.1) is 0 Å². The van der Waals surface area contributed by atoms with Gasteiger partial charge in [-0.2, -0.15) is 0 Å². The highest BCUT2D eigenvalue weighted by atomic mass is 16.3. The zero-order chi connectivity index (χ0) is 45.2. The standard InChI is InChI=1S/C64H37N3O2/c1-3-14-40(15-4-1)61-65-62(41-16-5-2-6-17-41)67-63(66-61)44-19-13-18-42(34-44)38-26-28-39(29-27-38)43-30-31-49-57(35-43)69-56-33-32-48-50-36-51-47-22-9-12-25-55(47)68-58(51)37-54(50)64(60(48)59(49)56)52-23-10-7-20-45(52)46-21-8-11-24-53(46)64/h1-37H. The van der Waals surface area contributed by atoms with Crippen LogP contribution in [0.1, 0.15) is 22.3 Å². The zero-order valence-electron chi connectivity index (χ0n) is 37.0. The third kappa shape index (κ3) is 5.50. The molecule has 0 unspecified atom stereocenters. The Bertz CT molecular complexity index is 4140. The molecular formula is C64H37N3O2. The van der Waals surface area contributed by atoms with E-state index in [9.17, 15) is 0 Å². The van der Waals surface area contributed by atoms with E-state index < -0.39 is 5.41 Å². The van der Waals surface area contributed by atoms with E-state index in [-0.39, 0.29) is 0 Å². The molecule has 13 aromatic rings. The highest BCUT2D eigenvalue weighted by Gasteiger charge is 2.53. The summed E-state index contributed by atoms with van der Waals surface area (Å²) in [5.41, 5.74) is 20.2. The van der Waals surface area contributed by atoms with Crippen LogP contribution in [-0.4, -0.2) is 15.0 Å². The van der Waals surface area contributed by atoms with Crippen molar-refractivity contribution >= 4 is 43.9 Å². The molecule has 5 nitrogen and oxygen atoms in total. The molecule has 0 amide bonds. The van der Waals surface area contributed by atoms with Crippen LogP contribution >= 0.6 is 0 Å². The number of aromatic nitrogens is 3. The topological polar surface area (TPSA) is 65.0 Å². The van der Waals surface area contributed by atoms with Gasteiger partial charge in [-0.3, -0.25) is 0 Å². The Morgan fingerprint density at radius 3 is 1.51 bits per heavy atom. The molecule has 15 rings (SSSR count). The Hall–Kier alpha value is -9.19. The maximum absolute atomic E-state index is 6.92. The van der Waals surface area contributed by atoms with Crippen molar-refractivity contribution in [2.24, 2.45) is 0 Å². The maximum atomic E-state index is 6.92. The molecule has 3 aromatic heterocycles. The van der Waals surface area contributed by atoms with Crippen molar-refractivity contribution in [2.45, 2.75) is 5.41 Å². The first-order chi connectivity index (χ1) is 34.2. The molecule has 0 N–H and O–H groups in total. The second-order valence-electron chi connectivity index (χ2n) is 18.2. The van der Waals surface area contributed by atoms with Gasteiger partial charge in [0, 0.05) is 38.2 Å². The van der Waals surface area contributed by atoms with Gasteiger partial charge in [0.25, 0.3) is 0 Å². The van der Waals surface area contributed by atoms with Gasteiger partial charge in [0.15, 0.2) is 17.5 Å². The number of hydrogen-bond acceptors (Lipinski definition) is 5. The SMILES string of the molecule is c1ccc(-c2nc(-c3ccccc3)nc(-c3cccc(-c4ccc(-c5ccc6c(c5)oc5ccc7c(c56)C5(c6ccccc6-c6ccccc65)c5cc6oc8ccccc8c6cc5-7)cc4)c3)n2)cc1. The van der Waals surface area contributed by atoms with Crippen LogP contribution in [0.4, 0.5) is 0 Å². The smallest absolute Gasteiger partial charge is 0.164 e. The average molecular weight is 880 g/mol. The number of nitrogens with zero attached hydrogens (tertiary/aromatic N) is 3. The molecule has 0 saturated heterocycles. The molecule has 3 heterocycles. The van der Waals surface area contributed by atoms with E-state index in [1.165, 1.54) is 44.5 Å². The van der Waals surface area contributed by atoms with Gasteiger partial charge in [0.2, 0.25) is 0 Å². The van der Waals surface area contributed by atoms with Gasteiger partial charge in [-0.1, -0.05) is 182 Å². The van der Waals surface area contributed by atoms with Crippen LogP contribution in [-0.2, 0) is 5.41 Å². The molecule has 5 heteroatoms. The lowest BCUT2D eigenvalue weighted by Gasteiger charge is -2.31. The Labute approximate surface area is 396 Å². The fourth-order valence-electron chi connectivity index (χ4n) is 11.5. The Morgan fingerprint density at radius 2 is 0.812 bits per heavy atom. The summed E-state index contributed by atoms with van der Waals surface area (Å²) in [6.07, 6.45) is 0. The highest BCUT2D eigenvalue weighted by molar-refractivity contribution is 6.16. The predicted molar refractivity (Wildman–Crippen MR) is 278 cm³/mol. The average Bonchev–Trinajstić information content (AvgIpc) is 4.15. The van der Waals surface area contributed by atoms with E-state index in [2.05, 4.69) is 158 Å². The van der Waals surface area contributed by atoms with Crippen molar-refractivity contribution in [3.05, 3.63) is 247 Å². The summed E-state index contributed by atoms with van der Waals surface area (Å²) >= 11 is 0. The number of rotatable bonds is 5. The first-order valence-corrected chi connectivity index (χ1v) is 23.4. The predicted octanol–water partition coefficient (Wildman–Crippen LogP) is 16.3. The number of benzene rings is 10. The van der Waals surface area contributed by atoms with Crippen LogP contribution in [0.5, 0.6) is 0 Å².